The number of ether oxygens (including phenoxy) is 1. The molecule has 1 rings (SSSR count). The van der Waals surface area contributed by atoms with E-state index in [0.717, 1.165) is 7.11 Å². The zero-order valence-corrected chi connectivity index (χ0v) is 6.20. The van der Waals surface area contributed by atoms with Crippen molar-refractivity contribution in [1.82, 2.24) is 0 Å². The molecule has 0 spiro atoms. The monoisotopic (exact) mass is 177 g/mol. The summed E-state index contributed by atoms with van der Waals surface area (Å²) in [4.78, 5) is 0. The SMILES string of the molecule is COc1cc(F)c(N)c(F)c1F. The minimum atomic E-state index is -1.42. The average molecular weight is 177 g/mol. The normalized spacial score (nSPS) is 10.0. The lowest BCUT2D eigenvalue weighted by molar-refractivity contribution is 0.368. The van der Waals surface area contributed by atoms with Crippen molar-refractivity contribution in [2.75, 3.05) is 12.8 Å². The molecule has 0 heterocycles. The van der Waals surface area contributed by atoms with Crippen LogP contribution in [0.2, 0.25) is 0 Å². The van der Waals surface area contributed by atoms with Gasteiger partial charge in [0.05, 0.1) is 7.11 Å². The van der Waals surface area contributed by atoms with Crippen molar-refractivity contribution in [3.63, 3.8) is 0 Å². The standard InChI is InChI=1S/C7H6F3NO/c1-12-4-2-3(8)7(11)6(10)5(4)9/h2H,11H2,1H3. The summed E-state index contributed by atoms with van der Waals surface area (Å²) in [5, 5.41) is 0. The van der Waals surface area contributed by atoms with E-state index in [2.05, 4.69) is 4.74 Å². The molecule has 5 heteroatoms. The molecule has 0 bridgehead atoms. The maximum Gasteiger partial charge on any atom is 0.202 e. The molecule has 0 aliphatic rings. The van der Waals surface area contributed by atoms with E-state index in [0.29, 0.717) is 6.07 Å². The lowest BCUT2D eigenvalue weighted by atomic mass is 10.2. The summed E-state index contributed by atoms with van der Waals surface area (Å²) in [5.41, 5.74) is 4.02. The van der Waals surface area contributed by atoms with E-state index in [1.165, 1.54) is 0 Å². The predicted octanol–water partition coefficient (Wildman–Crippen LogP) is 1.69. The van der Waals surface area contributed by atoms with Gasteiger partial charge in [-0.3, -0.25) is 0 Å². The molecule has 2 nitrogen and oxygen atoms in total. The van der Waals surface area contributed by atoms with Crippen molar-refractivity contribution in [2.24, 2.45) is 0 Å². The first kappa shape index (κ1) is 8.70. The fourth-order valence-corrected chi connectivity index (χ4v) is 0.736. The average Bonchev–Trinajstić information content (AvgIpc) is 2.08. The second-order valence-electron chi connectivity index (χ2n) is 2.10. The minimum Gasteiger partial charge on any atom is -0.493 e. The molecule has 0 atom stereocenters. The van der Waals surface area contributed by atoms with Crippen molar-refractivity contribution in [3.8, 4) is 5.75 Å². The van der Waals surface area contributed by atoms with Gasteiger partial charge < -0.3 is 10.5 Å². The molecule has 0 saturated heterocycles. The predicted molar refractivity (Wildman–Crippen MR) is 37.3 cm³/mol. The highest BCUT2D eigenvalue weighted by Crippen LogP contribution is 2.26. The summed E-state index contributed by atoms with van der Waals surface area (Å²) < 4.78 is 42.3. The second-order valence-corrected chi connectivity index (χ2v) is 2.10. The van der Waals surface area contributed by atoms with Crippen molar-refractivity contribution >= 4 is 5.69 Å². The van der Waals surface area contributed by atoms with Crippen molar-refractivity contribution in [1.29, 1.82) is 0 Å². The zero-order valence-electron chi connectivity index (χ0n) is 6.20. The van der Waals surface area contributed by atoms with Gasteiger partial charge in [0.2, 0.25) is 5.82 Å². The molecule has 66 valence electrons. The van der Waals surface area contributed by atoms with Crippen LogP contribution in [-0.2, 0) is 0 Å². The van der Waals surface area contributed by atoms with Gasteiger partial charge in [-0.1, -0.05) is 0 Å². The summed E-state index contributed by atoms with van der Waals surface area (Å²) in [7, 11) is 1.10. The molecule has 12 heavy (non-hydrogen) atoms. The van der Waals surface area contributed by atoms with Crippen LogP contribution in [0.4, 0.5) is 18.9 Å². The van der Waals surface area contributed by atoms with Crippen LogP contribution in [0.5, 0.6) is 5.75 Å². The number of methoxy groups -OCH3 is 1. The van der Waals surface area contributed by atoms with Gasteiger partial charge in [-0.15, -0.1) is 0 Å². The molecule has 0 amide bonds. The lowest BCUT2D eigenvalue weighted by Gasteiger charge is -2.04. The maximum absolute atomic E-state index is 12.7. The van der Waals surface area contributed by atoms with Gasteiger partial charge in [0.25, 0.3) is 0 Å². The first-order valence-corrected chi connectivity index (χ1v) is 3.05. The Morgan fingerprint density at radius 1 is 1.25 bits per heavy atom. The highest BCUT2D eigenvalue weighted by molar-refractivity contribution is 5.46. The zero-order chi connectivity index (χ0) is 9.30. The van der Waals surface area contributed by atoms with Crippen LogP contribution in [0.15, 0.2) is 6.07 Å². The topological polar surface area (TPSA) is 35.2 Å². The fraction of sp³-hybridized carbons (Fsp3) is 0.143. The first-order chi connectivity index (χ1) is 5.57. The smallest absolute Gasteiger partial charge is 0.202 e. The van der Waals surface area contributed by atoms with Gasteiger partial charge in [0, 0.05) is 6.07 Å². The van der Waals surface area contributed by atoms with Gasteiger partial charge in [-0.2, -0.15) is 4.39 Å². The number of anilines is 1. The highest BCUT2D eigenvalue weighted by atomic mass is 19.2. The van der Waals surface area contributed by atoms with Crippen LogP contribution in [0, 0.1) is 17.5 Å². The molecule has 1 aromatic carbocycles. The number of rotatable bonds is 1. The molecule has 0 fully saturated rings. The number of hydrogen-bond donors (Lipinski definition) is 1. The Labute approximate surface area is 66.7 Å². The maximum atomic E-state index is 12.7. The number of benzene rings is 1. The highest BCUT2D eigenvalue weighted by Gasteiger charge is 2.16. The molecule has 1 aromatic rings. The van der Waals surface area contributed by atoms with Crippen LogP contribution < -0.4 is 10.5 Å². The van der Waals surface area contributed by atoms with Gasteiger partial charge in [-0.25, -0.2) is 8.78 Å². The molecule has 0 aliphatic heterocycles. The van der Waals surface area contributed by atoms with E-state index in [9.17, 15) is 13.2 Å². The van der Waals surface area contributed by atoms with Crippen LogP contribution in [0.3, 0.4) is 0 Å². The Morgan fingerprint density at radius 2 is 1.83 bits per heavy atom. The van der Waals surface area contributed by atoms with Crippen molar-refractivity contribution < 1.29 is 17.9 Å². The molecule has 0 saturated carbocycles. The molecule has 0 radical (unpaired) electrons. The number of hydrogen-bond acceptors (Lipinski definition) is 2. The molecule has 2 N–H and O–H groups in total. The first-order valence-electron chi connectivity index (χ1n) is 3.05. The quantitative estimate of drug-likeness (QED) is 0.523. The van der Waals surface area contributed by atoms with Crippen LogP contribution in [-0.4, -0.2) is 7.11 Å². The third-order valence-electron chi connectivity index (χ3n) is 1.38. The summed E-state index contributed by atoms with van der Waals surface area (Å²) in [6, 6.07) is 0.688. The van der Waals surface area contributed by atoms with Crippen molar-refractivity contribution in [2.45, 2.75) is 0 Å². The fourth-order valence-electron chi connectivity index (χ4n) is 0.736. The largest absolute Gasteiger partial charge is 0.493 e. The van der Waals surface area contributed by atoms with Crippen molar-refractivity contribution in [3.05, 3.63) is 23.5 Å². The Balaban J connectivity index is 3.39. The van der Waals surface area contributed by atoms with Gasteiger partial charge in [0.1, 0.15) is 5.69 Å². The molecule has 0 unspecified atom stereocenters. The Hall–Kier alpha value is -1.39. The van der Waals surface area contributed by atoms with Gasteiger partial charge in [-0.05, 0) is 0 Å². The number of halogens is 3. The van der Waals surface area contributed by atoms with E-state index in [-0.39, 0.29) is 0 Å². The molecule has 0 aliphatic carbocycles. The summed E-state index contributed by atoms with van der Waals surface area (Å²) in [6.45, 7) is 0. The third-order valence-corrected chi connectivity index (χ3v) is 1.38. The third kappa shape index (κ3) is 1.17. The van der Waals surface area contributed by atoms with Gasteiger partial charge >= 0.3 is 0 Å². The minimum absolute atomic E-state index is 0.501. The Morgan fingerprint density at radius 3 is 2.33 bits per heavy atom. The van der Waals surface area contributed by atoms with E-state index >= 15 is 0 Å². The molecular formula is C7H6F3NO. The van der Waals surface area contributed by atoms with Gasteiger partial charge in [0.15, 0.2) is 17.4 Å². The Bertz CT molecular complexity index is 314. The van der Waals surface area contributed by atoms with E-state index in [1.807, 2.05) is 0 Å². The van der Waals surface area contributed by atoms with E-state index < -0.39 is 28.9 Å². The van der Waals surface area contributed by atoms with Crippen LogP contribution in [0.1, 0.15) is 0 Å². The number of nitrogen functional groups attached to an aromatic ring is 1. The molecule has 0 aromatic heterocycles. The Kier molecular flexibility index (Phi) is 2.12. The van der Waals surface area contributed by atoms with Crippen LogP contribution in [0.25, 0.3) is 0 Å². The summed E-state index contributed by atoms with van der Waals surface area (Å²) >= 11 is 0. The summed E-state index contributed by atoms with van der Waals surface area (Å²) in [5.74, 6) is -4.24. The molecular weight excluding hydrogens is 171 g/mol. The van der Waals surface area contributed by atoms with Crippen LogP contribution >= 0.6 is 0 Å². The van der Waals surface area contributed by atoms with E-state index in [4.69, 9.17) is 5.73 Å². The summed E-state index contributed by atoms with van der Waals surface area (Å²) in [6.07, 6.45) is 0. The van der Waals surface area contributed by atoms with E-state index in [1.54, 1.807) is 0 Å². The second kappa shape index (κ2) is 2.92. The lowest BCUT2D eigenvalue weighted by Crippen LogP contribution is -2.01. The number of nitrogens with two attached hydrogens (primary N) is 1.